The Labute approximate surface area is 84.4 Å². The summed E-state index contributed by atoms with van der Waals surface area (Å²) >= 11 is 3.57. The summed E-state index contributed by atoms with van der Waals surface area (Å²) in [6.45, 7) is 0. The molecule has 1 aromatic rings. The minimum atomic E-state index is 1.34. The number of rotatable bonds is 0. The third-order valence-corrected chi connectivity index (χ3v) is 3.84. The SMILES string of the molecule is c1cc2ccc3c[s+]cc-3cc2s1. The fourth-order valence-corrected chi connectivity index (χ4v) is 3.08. The molecule has 0 radical (unpaired) electrons. The fourth-order valence-electron chi connectivity index (χ4n) is 1.48. The summed E-state index contributed by atoms with van der Waals surface area (Å²) in [5, 5.41) is 7.88. The van der Waals surface area contributed by atoms with E-state index in [9.17, 15) is 0 Å². The molecule has 0 saturated carbocycles. The van der Waals surface area contributed by atoms with Gasteiger partial charge in [0, 0.05) is 15.8 Å². The molecule has 0 aromatic carbocycles. The van der Waals surface area contributed by atoms with Gasteiger partial charge in [0.2, 0.25) is 22.1 Å². The van der Waals surface area contributed by atoms with E-state index in [-0.39, 0.29) is 0 Å². The first-order valence-electron chi connectivity index (χ1n) is 4.10. The maximum Gasteiger partial charge on any atom is 0.212 e. The number of hydrogen-bond acceptors (Lipinski definition) is 1. The normalized spacial score (nSPS) is 11.1. The van der Waals surface area contributed by atoms with Crippen LogP contribution in [0.25, 0.3) is 21.2 Å². The summed E-state index contributed by atoms with van der Waals surface area (Å²) in [7, 11) is 0. The zero-order chi connectivity index (χ0) is 8.67. The van der Waals surface area contributed by atoms with Crippen LogP contribution in [-0.4, -0.2) is 0 Å². The predicted octanol–water partition coefficient (Wildman–Crippen LogP) is 4.35. The van der Waals surface area contributed by atoms with Crippen molar-refractivity contribution in [1.82, 2.24) is 0 Å². The molecule has 0 atom stereocenters. The van der Waals surface area contributed by atoms with Gasteiger partial charge in [-0.3, -0.25) is 0 Å². The van der Waals surface area contributed by atoms with Gasteiger partial charge in [-0.05, 0) is 29.0 Å². The van der Waals surface area contributed by atoms with Gasteiger partial charge in [0.25, 0.3) is 0 Å². The first-order chi connectivity index (χ1) is 6.43. The van der Waals surface area contributed by atoms with Crippen molar-refractivity contribution in [2.24, 2.45) is 0 Å². The van der Waals surface area contributed by atoms with Gasteiger partial charge < -0.3 is 0 Å². The smallest absolute Gasteiger partial charge is 0.144 e. The quantitative estimate of drug-likeness (QED) is 0.476. The van der Waals surface area contributed by atoms with Gasteiger partial charge in [-0.15, -0.1) is 11.3 Å². The van der Waals surface area contributed by atoms with E-state index in [1.807, 2.05) is 0 Å². The van der Waals surface area contributed by atoms with Crippen LogP contribution in [0, 0.1) is 0 Å². The average Bonchev–Trinajstić information content (AvgIpc) is 2.72. The highest BCUT2D eigenvalue weighted by Gasteiger charge is 2.08. The summed E-state index contributed by atoms with van der Waals surface area (Å²) in [4.78, 5) is 0. The Morgan fingerprint density at radius 3 is 2.92 bits per heavy atom. The van der Waals surface area contributed by atoms with Crippen LogP contribution in [0.3, 0.4) is 0 Å². The van der Waals surface area contributed by atoms with Crippen LogP contribution in [-0.2, 0) is 0 Å². The van der Waals surface area contributed by atoms with Gasteiger partial charge in [-0.25, -0.2) is 0 Å². The summed E-state index contributed by atoms with van der Waals surface area (Å²) in [5.74, 6) is 0. The molecule has 1 aliphatic heterocycles. The predicted molar refractivity (Wildman–Crippen MR) is 60.7 cm³/mol. The largest absolute Gasteiger partial charge is 0.212 e. The highest BCUT2D eigenvalue weighted by Crippen LogP contribution is 2.30. The van der Waals surface area contributed by atoms with Crippen LogP contribution in [0.2, 0.25) is 0 Å². The zero-order valence-electron chi connectivity index (χ0n) is 6.86. The first kappa shape index (κ1) is 7.42. The third kappa shape index (κ3) is 1.14. The van der Waals surface area contributed by atoms with Crippen molar-refractivity contribution in [1.29, 1.82) is 0 Å². The number of hydrogen-bond donors (Lipinski definition) is 0. The monoisotopic (exact) mass is 203 g/mol. The van der Waals surface area contributed by atoms with E-state index in [0.29, 0.717) is 0 Å². The van der Waals surface area contributed by atoms with E-state index in [4.69, 9.17) is 0 Å². The second kappa shape index (κ2) is 2.76. The minimum Gasteiger partial charge on any atom is -0.144 e. The molecule has 0 spiro atoms. The second-order valence-electron chi connectivity index (χ2n) is 3.00. The molecular formula is C11H7S2+. The molecule has 0 nitrogen and oxygen atoms in total. The topological polar surface area (TPSA) is 0 Å². The van der Waals surface area contributed by atoms with Crippen molar-refractivity contribution < 1.29 is 0 Å². The van der Waals surface area contributed by atoms with Gasteiger partial charge in [0.05, 0.1) is 0 Å². The Morgan fingerprint density at radius 1 is 1.00 bits per heavy atom. The van der Waals surface area contributed by atoms with E-state index in [1.54, 1.807) is 22.7 Å². The second-order valence-corrected chi connectivity index (χ2v) is 4.69. The summed E-state index contributed by atoms with van der Waals surface area (Å²) < 4.78 is 1.37. The lowest BCUT2D eigenvalue weighted by atomic mass is 10.2. The molecule has 0 fully saturated rings. The third-order valence-electron chi connectivity index (χ3n) is 2.18. The fraction of sp³-hybridized carbons (Fsp3) is 0. The van der Waals surface area contributed by atoms with Crippen molar-refractivity contribution >= 4 is 32.8 Å². The molecular weight excluding hydrogens is 196 g/mol. The maximum atomic E-state index is 2.27. The Balaban J connectivity index is 2.51. The highest BCUT2D eigenvalue weighted by molar-refractivity contribution is 7.17. The lowest BCUT2D eigenvalue weighted by molar-refractivity contribution is 1.85. The molecule has 1 aromatic heterocycles. The lowest BCUT2D eigenvalue weighted by Crippen LogP contribution is -1.60. The van der Waals surface area contributed by atoms with E-state index in [0.717, 1.165) is 0 Å². The van der Waals surface area contributed by atoms with E-state index >= 15 is 0 Å². The van der Waals surface area contributed by atoms with E-state index in [2.05, 4.69) is 40.4 Å². The van der Waals surface area contributed by atoms with Gasteiger partial charge in [0.1, 0.15) is 0 Å². The molecule has 0 saturated heterocycles. The summed E-state index contributed by atoms with van der Waals surface area (Å²) in [6, 6.07) is 8.83. The number of fused-ring (bicyclic) bond motifs is 2. The average molecular weight is 203 g/mol. The van der Waals surface area contributed by atoms with Crippen LogP contribution in [0.1, 0.15) is 0 Å². The van der Waals surface area contributed by atoms with Gasteiger partial charge in [0.15, 0.2) is 0 Å². The van der Waals surface area contributed by atoms with Crippen LogP contribution < -0.4 is 0 Å². The highest BCUT2D eigenvalue weighted by atomic mass is 32.1. The molecule has 0 bridgehead atoms. The minimum absolute atomic E-state index is 1.34. The molecule has 2 heterocycles. The van der Waals surface area contributed by atoms with Crippen LogP contribution >= 0.6 is 22.7 Å². The van der Waals surface area contributed by atoms with Crippen molar-refractivity contribution in [3.05, 3.63) is 40.4 Å². The van der Waals surface area contributed by atoms with Crippen LogP contribution in [0.4, 0.5) is 0 Å². The van der Waals surface area contributed by atoms with Crippen molar-refractivity contribution in [2.45, 2.75) is 0 Å². The standard InChI is InChI=1S/C11H7S2/c1-2-9-6-12-7-10(9)5-11-8(1)3-4-13-11/h1-7H/q+1. The molecule has 13 heavy (non-hydrogen) atoms. The lowest BCUT2D eigenvalue weighted by Gasteiger charge is -1.80. The molecule has 2 heteroatoms. The Bertz CT molecular complexity index is 525. The molecule has 0 N–H and O–H groups in total. The maximum absolute atomic E-state index is 2.27. The van der Waals surface area contributed by atoms with Crippen molar-refractivity contribution in [3.63, 3.8) is 0 Å². The molecule has 1 aliphatic carbocycles. The molecule has 3 rings (SSSR count). The zero-order valence-corrected chi connectivity index (χ0v) is 8.49. The molecule has 0 amide bonds. The van der Waals surface area contributed by atoms with Crippen molar-refractivity contribution in [3.8, 4) is 11.1 Å². The Morgan fingerprint density at radius 2 is 1.92 bits per heavy atom. The summed E-state index contributed by atoms with van der Waals surface area (Å²) in [6.07, 6.45) is 0. The molecule has 2 aliphatic rings. The first-order valence-corrected chi connectivity index (χ1v) is 5.92. The Kier molecular flexibility index (Phi) is 1.57. The van der Waals surface area contributed by atoms with E-state index < -0.39 is 0 Å². The van der Waals surface area contributed by atoms with Crippen molar-refractivity contribution in [2.75, 3.05) is 0 Å². The number of thiophene rings is 2. The summed E-state index contributed by atoms with van der Waals surface area (Å²) in [5.41, 5.74) is 2.69. The van der Waals surface area contributed by atoms with E-state index in [1.165, 1.54) is 21.2 Å². The molecule has 0 unspecified atom stereocenters. The van der Waals surface area contributed by atoms with Crippen LogP contribution in [0.15, 0.2) is 40.4 Å². The van der Waals surface area contributed by atoms with Gasteiger partial charge >= 0.3 is 0 Å². The van der Waals surface area contributed by atoms with Gasteiger partial charge in [-0.1, -0.05) is 6.07 Å². The molecule has 62 valence electrons. The van der Waals surface area contributed by atoms with Gasteiger partial charge in [-0.2, -0.15) is 0 Å². The van der Waals surface area contributed by atoms with Crippen LogP contribution in [0.5, 0.6) is 0 Å². The Hall–Kier alpha value is -0.990.